The Hall–Kier alpha value is -0.340. The molecule has 0 spiro atoms. The van der Waals surface area contributed by atoms with E-state index in [1.807, 2.05) is 0 Å². The van der Waals surface area contributed by atoms with Gasteiger partial charge in [-0.15, -0.1) is 22.9 Å². The predicted octanol–water partition coefficient (Wildman–Crippen LogP) is 1.69. The van der Waals surface area contributed by atoms with Crippen molar-refractivity contribution < 1.29 is 0 Å². The maximum absolute atomic E-state index is 11.6. The summed E-state index contributed by atoms with van der Waals surface area (Å²) in [6.07, 6.45) is 0. The summed E-state index contributed by atoms with van der Waals surface area (Å²) in [6, 6.07) is 1.71. The molecule has 0 radical (unpaired) electrons. The number of alkyl halides is 1. The van der Waals surface area contributed by atoms with Gasteiger partial charge in [-0.1, -0.05) is 0 Å². The van der Waals surface area contributed by atoms with Crippen LogP contribution in [-0.4, -0.2) is 7.76 Å². The zero-order chi connectivity index (χ0) is 10.3. The van der Waals surface area contributed by atoms with Gasteiger partial charge in [-0.05, 0) is 6.07 Å². The van der Waals surface area contributed by atoms with Crippen LogP contribution in [0.1, 0.15) is 4.88 Å². The predicted molar refractivity (Wildman–Crippen MR) is 65.7 cm³/mol. The molecule has 0 saturated heterocycles. The summed E-state index contributed by atoms with van der Waals surface area (Å²) >= 11 is 8.64. The lowest BCUT2D eigenvalue weighted by molar-refractivity contribution is 1.06. The second-order valence-electron chi connectivity index (χ2n) is 2.61. The molecule has 0 aliphatic rings. The number of hydrogen-bond acceptors (Lipinski definition) is 3. The van der Waals surface area contributed by atoms with Gasteiger partial charge in [-0.25, -0.2) is 4.79 Å². The normalized spacial score (nSPS) is 11.0. The first-order valence-corrected chi connectivity index (χ1v) is 5.95. The molecule has 0 aromatic carbocycles. The number of halogens is 2. The maximum atomic E-state index is 11.6. The number of thiophene rings is 1. The van der Waals surface area contributed by atoms with E-state index in [1.54, 1.807) is 28.9 Å². The van der Waals surface area contributed by atoms with Gasteiger partial charge in [-0.3, -0.25) is 9.78 Å². The number of aromatic amines is 1. The molecule has 0 aliphatic heterocycles. The molecule has 0 unspecified atom stereocenters. The Balaban J connectivity index is 2.95. The van der Waals surface area contributed by atoms with E-state index in [2.05, 4.69) is 4.98 Å². The standard InChI is InChI=1S/C7H4ClIN2O2S/c8-2-3-1-4-5(14-3)10-7(13)11(9)6(4)12/h1H,2H2,(H,10,13). The third kappa shape index (κ3) is 1.51. The fourth-order valence-corrected chi connectivity index (χ4v) is 2.61. The van der Waals surface area contributed by atoms with Crippen LogP contribution in [0.25, 0.3) is 10.2 Å². The molecule has 2 heterocycles. The van der Waals surface area contributed by atoms with Crippen LogP contribution in [0.4, 0.5) is 0 Å². The Morgan fingerprint density at radius 2 is 2.29 bits per heavy atom. The van der Waals surface area contributed by atoms with E-state index < -0.39 is 5.69 Å². The molecule has 2 aromatic rings. The summed E-state index contributed by atoms with van der Waals surface area (Å²) < 4.78 is 1.02. The van der Waals surface area contributed by atoms with Gasteiger partial charge < -0.3 is 0 Å². The van der Waals surface area contributed by atoms with Gasteiger partial charge in [0.05, 0.1) is 34.1 Å². The van der Waals surface area contributed by atoms with E-state index in [-0.39, 0.29) is 5.56 Å². The Labute approximate surface area is 101 Å². The van der Waals surface area contributed by atoms with Crippen LogP contribution in [0.3, 0.4) is 0 Å². The smallest absolute Gasteiger partial charge is 0.298 e. The van der Waals surface area contributed by atoms with E-state index in [9.17, 15) is 9.59 Å². The minimum atomic E-state index is -0.411. The largest absolute Gasteiger partial charge is 0.338 e. The van der Waals surface area contributed by atoms with Gasteiger partial charge in [0.2, 0.25) is 0 Å². The van der Waals surface area contributed by atoms with Crippen LogP contribution in [-0.2, 0) is 5.88 Å². The average Bonchev–Trinajstić information content (AvgIpc) is 2.57. The summed E-state index contributed by atoms with van der Waals surface area (Å²) in [4.78, 5) is 26.9. The number of hydrogen-bond donors (Lipinski definition) is 1. The summed E-state index contributed by atoms with van der Waals surface area (Å²) in [6.45, 7) is 0. The molecule has 14 heavy (non-hydrogen) atoms. The Morgan fingerprint density at radius 1 is 1.57 bits per heavy atom. The van der Waals surface area contributed by atoms with Gasteiger partial charge in [0.1, 0.15) is 4.83 Å². The highest BCUT2D eigenvalue weighted by atomic mass is 127. The van der Waals surface area contributed by atoms with Gasteiger partial charge in [0, 0.05) is 4.88 Å². The topological polar surface area (TPSA) is 54.9 Å². The van der Waals surface area contributed by atoms with Gasteiger partial charge in [0.25, 0.3) is 5.56 Å². The molecule has 1 N–H and O–H groups in total. The molecule has 74 valence electrons. The molecule has 7 heteroatoms. The highest BCUT2D eigenvalue weighted by molar-refractivity contribution is 14.1. The van der Waals surface area contributed by atoms with Crippen molar-refractivity contribution >= 4 is 56.0 Å². The SMILES string of the molecule is O=c1[nH]c2sc(CCl)cc2c(=O)n1I. The monoisotopic (exact) mass is 342 g/mol. The molecule has 0 amide bonds. The van der Waals surface area contributed by atoms with Crippen molar-refractivity contribution in [3.63, 3.8) is 0 Å². The Bertz CT molecular complexity index is 600. The van der Waals surface area contributed by atoms with Gasteiger partial charge >= 0.3 is 5.69 Å². The van der Waals surface area contributed by atoms with E-state index in [4.69, 9.17) is 11.6 Å². The van der Waals surface area contributed by atoms with Crippen molar-refractivity contribution in [3.8, 4) is 0 Å². The molecule has 0 fully saturated rings. The zero-order valence-electron chi connectivity index (χ0n) is 6.71. The van der Waals surface area contributed by atoms with Crippen LogP contribution in [0, 0.1) is 0 Å². The lowest BCUT2D eigenvalue weighted by Gasteiger charge is -1.91. The lowest BCUT2D eigenvalue weighted by atomic mass is 10.4. The Morgan fingerprint density at radius 3 is 2.93 bits per heavy atom. The van der Waals surface area contributed by atoms with Crippen LogP contribution in [0.2, 0.25) is 0 Å². The van der Waals surface area contributed by atoms with Crippen molar-refractivity contribution in [2.75, 3.05) is 0 Å². The molecule has 0 saturated carbocycles. The highest BCUT2D eigenvalue weighted by Gasteiger charge is 2.08. The summed E-state index contributed by atoms with van der Waals surface area (Å²) in [5.41, 5.74) is -0.706. The second-order valence-corrected chi connectivity index (χ2v) is 4.97. The number of H-pyrrole nitrogens is 1. The van der Waals surface area contributed by atoms with Crippen LogP contribution < -0.4 is 11.2 Å². The fourth-order valence-electron chi connectivity index (χ4n) is 1.10. The fraction of sp³-hybridized carbons (Fsp3) is 0.143. The number of rotatable bonds is 1. The highest BCUT2D eigenvalue weighted by Crippen LogP contribution is 2.21. The molecule has 0 aliphatic carbocycles. The average molecular weight is 343 g/mol. The molecule has 2 rings (SSSR count). The van der Waals surface area contributed by atoms with E-state index in [1.165, 1.54) is 11.3 Å². The first kappa shape index (κ1) is 10.2. The molecule has 2 aromatic heterocycles. The van der Waals surface area contributed by atoms with Crippen molar-refractivity contribution in [1.82, 2.24) is 7.76 Å². The minimum absolute atomic E-state index is 0.294. The first-order valence-electron chi connectivity index (χ1n) is 3.63. The number of nitrogens with one attached hydrogen (secondary N) is 1. The van der Waals surface area contributed by atoms with Crippen LogP contribution >= 0.6 is 45.8 Å². The van der Waals surface area contributed by atoms with Gasteiger partial charge in [0.15, 0.2) is 0 Å². The van der Waals surface area contributed by atoms with Crippen LogP contribution in [0.5, 0.6) is 0 Å². The Kier molecular flexibility index (Phi) is 2.67. The number of fused-ring (bicyclic) bond motifs is 1. The maximum Gasteiger partial charge on any atom is 0.338 e. The van der Waals surface area contributed by atoms with Gasteiger partial charge in [-0.2, -0.15) is 2.78 Å². The quantitative estimate of drug-likeness (QED) is 0.633. The molecule has 0 bridgehead atoms. The molecule has 4 nitrogen and oxygen atoms in total. The number of aromatic nitrogens is 2. The first-order chi connectivity index (χ1) is 6.63. The number of nitrogens with zero attached hydrogens (tertiary/aromatic N) is 1. The van der Waals surface area contributed by atoms with Crippen molar-refractivity contribution in [2.24, 2.45) is 0 Å². The van der Waals surface area contributed by atoms with Crippen molar-refractivity contribution in [3.05, 3.63) is 31.8 Å². The summed E-state index contributed by atoms with van der Waals surface area (Å²) in [5.74, 6) is 0.349. The van der Waals surface area contributed by atoms with Crippen LogP contribution in [0.15, 0.2) is 15.7 Å². The minimum Gasteiger partial charge on any atom is -0.298 e. The molecular formula is C7H4ClIN2O2S. The molecular weight excluding hydrogens is 339 g/mol. The zero-order valence-corrected chi connectivity index (χ0v) is 10.4. The van der Waals surface area contributed by atoms with Crippen molar-refractivity contribution in [2.45, 2.75) is 5.88 Å². The third-order valence-corrected chi connectivity index (χ3v) is 4.10. The van der Waals surface area contributed by atoms with E-state index >= 15 is 0 Å². The third-order valence-electron chi connectivity index (χ3n) is 1.72. The summed E-state index contributed by atoms with van der Waals surface area (Å²) in [5, 5.41) is 0.514. The molecule has 0 atom stereocenters. The van der Waals surface area contributed by atoms with Crippen molar-refractivity contribution in [1.29, 1.82) is 0 Å². The van der Waals surface area contributed by atoms with E-state index in [0.29, 0.717) is 16.1 Å². The lowest BCUT2D eigenvalue weighted by Crippen LogP contribution is -2.27. The second kappa shape index (κ2) is 3.67. The van der Waals surface area contributed by atoms with E-state index in [0.717, 1.165) is 7.66 Å². The summed E-state index contributed by atoms with van der Waals surface area (Å²) in [7, 11) is 0.